The lowest BCUT2D eigenvalue weighted by Gasteiger charge is -2.26. The molecule has 0 unspecified atom stereocenters. The molecule has 0 aliphatic carbocycles. The number of aryl methyl sites for hydroxylation is 1. The average molecular weight is 390 g/mol. The molecular formula is C23H22N2O4. The summed E-state index contributed by atoms with van der Waals surface area (Å²) in [6.07, 6.45) is 0.998. The van der Waals surface area contributed by atoms with Gasteiger partial charge < -0.3 is 14.4 Å². The number of para-hydroxylation sites is 1. The summed E-state index contributed by atoms with van der Waals surface area (Å²) >= 11 is 0. The van der Waals surface area contributed by atoms with Crippen LogP contribution in [0.2, 0.25) is 0 Å². The molecule has 6 heteroatoms. The lowest BCUT2D eigenvalue weighted by Crippen LogP contribution is -2.32. The van der Waals surface area contributed by atoms with E-state index in [-0.39, 0.29) is 18.6 Å². The van der Waals surface area contributed by atoms with E-state index in [1.165, 1.54) is 5.56 Å². The Balaban J connectivity index is 1.82. The molecular weight excluding hydrogens is 368 g/mol. The van der Waals surface area contributed by atoms with Crippen LogP contribution in [0.3, 0.4) is 0 Å². The number of carbonyl (C=O) groups excluding carboxylic acids is 1. The number of pyridine rings is 2. The average Bonchev–Trinajstić information content (AvgIpc) is 3.03. The van der Waals surface area contributed by atoms with Gasteiger partial charge in [0.15, 0.2) is 0 Å². The van der Waals surface area contributed by atoms with E-state index in [0.29, 0.717) is 29.8 Å². The van der Waals surface area contributed by atoms with E-state index in [0.717, 1.165) is 28.6 Å². The topological polar surface area (TPSA) is 81.4 Å². The molecule has 29 heavy (non-hydrogen) atoms. The predicted molar refractivity (Wildman–Crippen MR) is 109 cm³/mol. The molecule has 2 aromatic heterocycles. The first-order chi connectivity index (χ1) is 14.0. The van der Waals surface area contributed by atoms with Crippen molar-refractivity contribution in [2.75, 3.05) is 0 Å². The molecule has 1 N–H and O–H groups in total. The lowest BCUT2D eigenvalue weighted by molar-refractivity contribution is -0.149. The van der Waals surface area contributed by atoms with Crippen molar-refractivity contribution in [3.8, 4) is 11.4 Å². The molecule has 0 bridgehead atoms. The Morgan fingerprint density at radius 2 is 2.00 bits per heavy atom. The molecule has 6 nitrogen and oxygen atoms in total. The van der Waals surface area contributed by atoms with Crippen LogP contribution >= 0.6 is 0 Å². The van der Waals surface area contributed by atoms with Crippen LogP contribution in [0.4, 0.5) is 0 Å². The lowest BCUT2D eigenvalue weighted by atomic mass is 9.85. The molecule has 2 aliphatic rings. The number of aliphatic hydroxyl groups is 1. The SMILES string of the molecule is CCc1c2c(nc3ccccc13)-c1cc3c(c(=O)n1C2)COC(=O)C[C@]3(O)CC. The van der Waals surface area contributed by atoms with Crippen molar-refractivity contribution >= 4 is 16.9 Å². The van der Waals surface area contributed by atoms with Crippen LogP contribution in [-0.4, -0.2) is 20.6 Å². The summed E-state index contributed by atoms with van der Waals surface area (Å²) in [6, 6.07) is 9.85. The van der Waals surface area contributed by atoms with Gasteiger partial charge in [-0.2, -0.15) is 0 Å². The second kappa shape index (κ2) is 6.26. The molecule has 0 saturated carbocycles. The quantitative estimate of drug-likeness (QED) is 0.532. The molecule has 148 valence electrons. The second-order valence-corrected chi connectivity index (χ2v) is 7.82. The highest BCUT2D eigenvalue weighted by Crippen LogP contribution is 2.40. The zero-order valence-electron chi connectivity index (χ0n) is 16.5. The third-order valence-electron chi connectivity index (χ3n) is 6.32. The van der Waals surface area contributed by atoms with E-state index < -0.39 is 11.6 Å². The van der Waals surface area contributed by atoms with Crippen molar-refractivity contribution in [3.05, 3.63) is 62.9 Å². The van der Waals surface area contributed by atoms with Crippen LogP contribution in [0.5, 0.6) is 0 Å². The minimum atomic E-state index is -1.41. The number of aromatic nitrogens is 2. The molecule has 4 heterocycles. The molecule has 2 aliphatic heterocycles. The zero-order valence-corrected chi connectivity index (χ0v) is 16.5. The monoisotopic (exact) mass is 390 g/mol. The zero-order chi connectivity index (χ0) is 20.3. The largest absolute Gasteiger partial charge is 0.460 e. The number of esters is 1. The smallest absolute Gasteiger partial charge is 0.309 e. The Morgan fingerprint density at radius 3 is 2.76 bits per heavy atom. The summed E-state index contributed by atoms with van der Waals surface area (Å²) in [5, 5.41) is 12.3. The number of ether oxygens (including phenoxy) is 1. The van der Waals surface area contributed by atoms with Crippen LogP contribution < -0.4 is 5.56 Å². The Hall–Kier alpha value is -2.99. The van der Waals surface area contributed by atoms with Crippen molar-refractivity contribution in [1.29, 1.82) is 0 Å². The molecule has 0 saturated heterocycles. The van der Waals surface area contributed by atoms with Gasteiger partial charge in [0.2, 0.25) is 0 Å². The van der Waals surface area contributed by atoms with Gasteiger partial charge in [-0.05, 0) is 36.1 Å². The highest BCUT2D eigenvalue weighted by molar-refractivity contribution is 5.88. The van der Waals surface area contributed by atoms with Gasteiger partial charge in [-0.1, -0.05) is 32.0 Å². The fourth-order valence-electron chi connectivity index (χ4n) is 4.71. The Labute approximate surface area is 167 Å². The van der Waals surface area contributed by atoms with Gasteiger partial charge in [0.25, 0.3) is 5.56 Å². The standard InChI is InChI=1S/C23H22N2O4/c1-3-13-14-7-5-6-8-18(14)24-21-15(13)11-25-19(21)9-17-16(22(25)27)12-29-20(26)10-23(17,28)4-2/h5-9,28H,3-4,10-12H2,1-2H3/t23-/m1/s1. The number of hydrogen-bond donors (Lipinski definition) is 1. The Morgan fingerprint density at radius 1 is 1.21 bits per heavy atom. The third-order valence-corrected chi connectivity index (χ3v) is 6.32. The van der Waals surface area contributed by atoms with Crippen molar-refractivity contribution in [2.45, 2.75) is 51.9 Å². The Bertz CT molecular complexity index is 1240. The summed E-state index contributed by atoms with van der Waals surface area (Å²) < 4.78 is 6.92. The maximum Gasteiger partial charge on any atom is 0.309 e. The molecule has 5 rings (SSSR count). The van der Waals surface area contributed by atoms with Crippen molar-refractivity contribution in [2.24, 2.45) is 0 Å². The number of fused-ring (bicyclic) bond motifs is 5. The molecule has 0 spiro atoms. The van der Waals surface area contributed by atoms with Crippen molar-refractivity contribution in [1.82, 2.24) is 9.55 Å². The third kappa shape index (κ3) is 2.48. The summed E-state index contributed by atoms with van der Waals surface area (Å²) in [6.45, 7) is 4.25. The van der Waals surface area contributed by atoms with E-state index in [1.807, 2.05) is 31.2 Å². The van der Waals surface area contributed by atoms with Crippen LogP contribution in [0, 0.1) is 0 Å². The number of benzene rings is 1. The van der Waals surface area contributed by atoms with Crippen LogP contribution in [0.1, 0.15) is 48.9 Å². The van der Waals surface area contributed by atoms with Gasteiger partial charge in [0.05, 0.1) is 35.4 Å². The first-order valence-electron chi connectivity index (χ1n) is 10.0. The van der Waals surface area contributed by atoms with Crippen LogP contribution in [0.15, 0.2) is 35.1 Å². The van der Waals surface area contributed by atoms with E-state index in [2.05, 4.69) is 13.0 Å². The first kappa shape index (κ1) is 18.1. The van der Waals surface area contributed by atoms with Gasteiger partial charge in [0, 0.05) is 10.9 Å². The fraction of sp³-hybridized carbons (Fsp3) is 0.348. The van der Waals surface area contributed by atoms with Crippen molar-refractivity contribution < 1.29 is 14.6 Å². The van der Waals surface area contributed by atoms with Gasteiger partial charge in [-0.15, -0.1) is 0 Å². The minimum Gasteiger partial charge on any atom is -0.460 e. The van der Waals surface area contributed by atoms with E-state index >= 15 is 0 Å². The first-order valence-corrected chi connectivity index (χ1v) is 10.0. The number of carbonyl (C=O) groups is 1. The van der Waals surface area contributed by atoms with E-state index in [4.69, 9.17) is 9.72 Å². The maximum atomic E-state index is 13.4. The molecule has 3 aromatic rings. The minimum absolute atomic E-state index is 0.109. The maximum absolute atomic E-state index is 13.4. The molecule has 0 fully saturated rings. The number of hydrogen-bond acceptors (Lipinski definition) is 5. The number of rotatable bonds is 2. The van der Waals surface area contributed by atoms with E-state index in [1.54, 1.807) is 4.57 Å². The van der Waals surface area contributed by atoms with Gasteiger partial charge in [-0.3, -0.25) is 9.59 Å². The summed E-state index contributed by atoms with van der Waals surface area (Å²) in [5.41, 5.74) is 3.85. The fourth-order valence-corrected chi connectivity index (χ4v) is 4.71. The van der Waals surface area contributed by atoms with E-state index in [9.17, 15) is 14.7 Å². The molecule has 0 radical (unpaired) electrons. The van der Waals surface area contributed by atoms with Crippen molar-refractivity contribution in [3.63, 3.8) is 0 Å². The Kier molecular flexibility index (Phi) is 3.90. The normalized spacial score (nSPS) is 20.0. The predicted octanol–water partition coefficient (Wildman–Crippen LogP) is 3.03. The number of cyclic esters (lactones) is 1. The van der Waals surface area contributed by atoms with Gasteiger partial charge in [0.1, 0.15) is 12.2 Å². The highest BCUT2D eigenvalue weighted by Gasteiger charge is 2.39. The summed E-state index contributed by atoms with van der Waals surface area (Å²) in [4.78, 5) is 30.2. The van der Waals surface area contributed by atoms with Gasteiger partial charge >= 0.3 is 5.97 Å². The van der Waals surface area contributed by atoms with Crippen LogP contribution in [-0.2, 0) is 34.7 Å². The summed E-state index contributed by atoms with van der Waals surface area (Å²) in [7, 11) is 0. The summed E-state index contributed by atoms with van der Waals surface area (Å²) in [5.74, 6) is -0.493. The van der Waals surface area contributed by atoms with Crippen LogP contribution in [0.25, 0.3) is 22.3 Å². The molecule has 1 atom stereocenters. The molecule has 0 amide bonds. The van der Waals surface area contributed by atoms with Gasteiger partial charge in [-0.25, -0.2) is 4.98 Å². The second-order valence-electron chi connectivity index (χ2n) is 7.82. The number of nitrogens with zero attached hydrogens (tertiary/aromatic N) is 2. The highest BCUT2D eigenvalue weighted by atomic mass is 16.5. The molecule has 1 aromatic carbocycles.